The smallest absolute Gasteiger partial charge is 0.261 e. The van der Waals surface area contributed by atoms with E-state index >= 15 is 0 Å². The zero-order chi connectivity index (χ0) is 20.5. The van der Waals surface area contributed by atoms with Gasteiger partial charge >= 0.3 is 0 Å². The molecule has 3 aromatic carbocycles. The molecule has 0 bridgehead atoms. The summed E-state index contributed by atoms with van der Waals surface area (Å²) in [6.45, 7) is 0.164. The summed E-state index contributed by atoms with van der Waals surface area (Å²) < 4.78 is 0. The molecule has 0 aromatic heterocycles. The lowest BCUT2D eigenvalue weighted by molar-refractivity contribution is 0.0642. The Morgan fingerprint density at radius 1 is 0.828 bits per heavy atom. The Bertz CT molecular complexity index is 1120. The van der Waals surface area contributed by atoms with Crippen LogP contribution in [0.1, 0.15) is 36.6 Å². The molecule has 3 N–H and O–H groups in total. The molecule has 3 amide bonds. The van der Waals surface area contributed by atoms with E-state index in [0.717, 1.165) is 11.6 Å². The average molecular weight is 388 g/mol. The SMILES string of the molecule is O=C(Nc1ccc2c(c1)C(=O)N(Cc1ccccc1)C2=O)c1cc(O)cc(O)c1. The number of fused-ring (bicyclic) bond motifs is 1. The van der Waals surface area contributed by atoms with Crippen LogP contribution in [-0.2, 0) is 6.54 Å². The number of nitrogens with one attached hydrogen (secondary N) is 1. The van der Waals surface area contributed by atoms with Crippen molar-refractivity contribution in [3.8, 4) is 11.5 Å². The third kappa shape index (κ3) is 3.53. The van der Waals surface area contributed by atoms with Crippen LogP contribution in [0, 0.1) is 0 Å². The number of phenolic OH excluding ortho intramolecular Hbond substituents is 2. The number of amides is 3. The van der Waals surface area contributed by atoms with E-state index in [1.165, 1.54) is 35.2 Å². The zero-order valence-electron chi connectivity index (χ0n) is 15.1. The fraction of sp³-hybridized carbons (Fsp3) is 0.0455. The molecule has 7 heteroatoms. The molecule has 3 aromatic rings. The van der Waals surface area contributed by atoms with Gasteiger partial charge in [-0.25, -0.2) is 0 Å². The van der Waals surface area contributed by atoms with Crippen LogP contribution in [0.25, 0.3) is 0 Å². The largest absolute Gasteiger partial charge is 0.508 e. The molecular formula is C22H16N2O5. The number of nitrogens with zero attached hydrogens (tertiary/aromatic N) is 1. The molecule has 0 unspecified atom stereocenters. The molecule has 1 aliphatic heterocycles. The fourth-order valence-electron chi connectivity index (χ4n) is 3.21. The highest BCUT2D eigenvalue weighted by molar-refractivity contribution is 6.22. The van der Waals surface area contributed by atoms with E-state index in [4.69, 9.17) is 0 Å². The van der Waals surface area contributed by atoms with Gasteiger partial charge in [0.25, 0.3) is 17.7 Å². The minimum Gasteiger partial charge on any atom is -0.508 e. The topological polar surface area (TPSA) is 107 Å². The molecule has 0 fully saturated rings. The molecule has 1 heterocycles. The maximum Gasteiger partial charge on any atom is 0.261 e. The molecule has 0 spiro atoms. The number of carbonyl (C=O) groups is 3. The Hall–Kier alpha value is -4.13. The van der Waals surface area contributed by atoms with Crippen LogP contribution in [0.15, 0.2) is 66.7 Å². The third-order valence-corrected chi connectivity index (χ3v) is 4.58. The van der Waals surface area contributed by atoms with Gasteiger partial charge in [0.2, 0.25) is 0 Å². The van der Waals surface area contributed by atoms with E-state index in [-0.39, 0.29) is 40.6 Å². The quantitative estimate of drug-likeness (QED) is 0.595. The van der Waals surface area contributed by atoms with E-state index in [1.54, 1.807) is 0 Å². The van der Waals surface area contributed by atoms with E-state index in [9.17, 15) is 24.6 Å². The van der Waals surface area contributed by atoms with Crippen molar-refractivity contribution in [2.45, 2.75) is 6.54 Å². The second-order valence-corrected chi connectivity index (χ2v) is 6.63. The molecular weight excluding hydrogens is 372 g/mol. The highest BCUT2D eigenvalue weighted by Crippen LogP contribution is 2.28. The van der Waals surface area contributed by atoms with Gasteiger partial charge in [-0.2, -0.15) is 0 Å². The summed E-state index contributed by atoms with van der Waals surface area (Å²) in [5, 5.41) is 21.6. The predicted octanol–water partition coefficient (Wildman–Crippen LogP) is 3.15. The molecule has 4 rings (SSSR count). The number of hydrogen-bond donors (Lipinski definition) is 3. The summed E-state index contributed by atoms with van der Waals surface area (Å²) in [5.74, 6) is -1.89. The molecule has 0 aliphatic carbocycles. The third-order valence-electron chi connectivity index (χ3n) is 4.58. The van der Waals surface area contributed by atoms with Gasteiger partial charge in [0, 0.05) is 17.3 Å². The first-order chi connectivity index (χ1) is 13.9. The second kappa shape index (κ2) is 7.12. The van der Waals surface area contributed by atoms with Crippen LogP contribution in [0.5, 0.6) is 11.5 Å². The summed E-state index contributed by atoms with van der Waals surface area (Å²) in [5.41, 5.74) is 1.69. The summed E-state index contributed by atoms with van der Waals surface area (Å²) in [7, 11) is 0. The van der Waals surface area contributed by atoms with Crippen molar-refractivity contribution in [2.75, 3.05) is 5.32 Å². The number of imide groups is 1. The van der Waals surface area contributed by atoms with Gasteiger partial charge in [-0.3, -0.25) is 19.3 Å². The van der Waals surface area contributed by atoms with Crippen LogP contribution in [0.2, 0.25) is 0 Å². The lowest BCUT2D eigenvalue weighted by atomic mass is 10.1. The van der Waals surface area contributed by atoms with Gasteiger partial charge in [0.1, 0.15) is 11.5 Å². The Kier molecular flexibility index (Phi) is 4.48. The number of anilines is 1. The first kappa shape index (κ1) is 18.2. The van der Waals surface area contributed by atoms with E-state index in [1.807, 2.05) is 30.3 Å². The Morgan fingerprint density at radius 3 is 2.17 bits per heavy atom. The van der Waals surface area contributed by atoms with E-state index < -0.39 is 11.8 Å². The zero-order valence-corrected chi connectivity index (χ0v) is 15.1. The van der Waals surface area contributed by atoms with Crippen LogP contribution in [0.4, 0.5) is 5.69 Å². The molecule has 0 saturated heterocycles. The average Bonchev–Trinajstić information content (AvgIpc) is 2.92. The molecule has 0 saturated carbocycles. The lowest BCUT2D eigenvalue weighted by Crippen LogP contribution is -2.29. The highest BCUT2D eigenvalue weighted by atomic mass is 16.3. The standard InChI is InChI=1S/C22H16N2O5/c25-16-8-14(9-17(26)11-16)20(27)23-15-6-7-18-19(10-15)22(29)24(21(18)28)12-13-4-2-1-3-5-13/h1-11,25-26H,12H2,(H,23,27). The maximum absolute atomic E-state index is 12.7. The van der Waals surface area contributed by atoms with Gasteiger partial charge in [0.15, 0.2) is 0 Å². The maximum atomic E-state index is 12.7. The number of hydrogen-bond acceptors (Lipinski definition) is 5. The van der Waals surface area contributed by atoms with Gasteiger partial charge in [-0.1, -0.05) is 30.3 Å². The Morgan fingerprint density at radius 2 is 1.48 bits per heavy atom. The number of carbonyl (C=O) groups excluding carboxylic acids is 3. The van der Waals surface area contributed by atoms with E-state index in [2.05, 4.69) is 5.32 Å². The first-order valence-electron chi connectivity index (χ1n) is 8.81. The van der Waals surface area contributed by atoms with Crippen molar-refractivity contribution in [3.05, 3.63) is 89.0 Å². The molecule has 7 nitrogen and oxygen atoms in total. The minimum atomic E-state index is -0.575. The Balaban J connectivity index is 1.56. The normalized spacial score (nSPS) is 12.8. The van der Waals surface area contributed by atoms with Gasteiger partial charge in [0.05, 0.1) is 17.7 Å². The van der Waals surface area contributed by atoms with Crippen LogP contribution >= 0.6 is 0 Å². The van der Waals surface area contributed by atoms with Crippen molar-refractivity contribution in [2.24, 2.45) is 0 Å². The Labute approximate surface area is 165 Å². The lowest BCUT2D eigenvalue weighted by Gasteiger charge is -2.13. The second-order valence-electron chi connectivity index (χ2n) is 6.63. The minimum absolute atomic E-state index is 0.0519. The monoisotopic (exact) mass is 388 g/mol. The van der Waals surface area contributed by atoms with Gasteiger partial charge < -0.3 is 15.5 Å². The number of benzene rings is 3. The molecule has 144 valence electrons. The molecule has 0 atom stereocenters. The van der Waals surface area contributed by atoms with Crippen molar-refractivity contribution >= 4 is 23.4 Å². The predicted molar refractivity (Wildman–Crippen MR) is 105 cm³/mol. The van der Waals surface area contributed by atoms with Crippen LogP contribution in [-0.4, -0.2) is 32.8 Å². The number of phenols is 2. The van der Waals surface area contributed by atoms with Crippen LogP contribution < -0.4 is 5.32 Å². The molecule has 0 radical (unpaired) electrons. The van der Waals surface area contributed by atoms with Crippen LogP contribution in [0.3, 0.4) is 0 Å². The first-order valence-corrected chi connectivity index (χ1v) is 8.81. The summed E-state index contributed by atoms with van der Waals surface area (Å²) in [6.07, 6.45) is 0. The van der Waals surface area contributed by atoms with E-state index in [0.29, 0.717) is 5.69 Å². The molecule has 29 heavy (non-hydrogen) atoms. The summed E-state index contributed by atoms with van der Waals surface area (Å²) in [4.78, 5) is 38.9. The van der Waals surface area contributed by atoms with Crippen molar-refractivity contribution < 1.29 is 24.6 Å². The van der Waals surface area contributed by atoms with Crippen molar-refractivity contribution in [1.29, 1.82) is 0 Å². The summed E-state index contributed by atoms with van der Waals surface area (Å²) >= 11 is 0. The number of rotatable bonds is 4. The van der Waals surface area contributed by atoms with Gasteiger partial charge in [-0.05, 0) is 35.9 Å². The van der Waals surface area contributed by atoms with Crippen molar-refractivity contribution in [3.63, 3.8) is 0 Å². The number of aromatic hydroxyl groups is 2. The fourth-order valence-corrected chi connectivity index (χ4v) is 3.21. The van der Waals surface area contributed by atoms with Gasteiger partial charge in [-0.15, -0.1) is 0 Å². The van der Waals surface area contributed by atoms with Crippen molar-refractivity contribution in [1.82, 2.24) is 4.90 Å². The molecule has 1 aliphatic rings. The highest BCUT2D eigenvalue weighted by Gasteiger charge is 2.35. The summed E-state index contributed by atoms with van der Waals surface area (Å²) in [6, 6.07) is 17.2.